The van der Waals surface area contributed by atoms with Gasteiger partial charge >= 0.3 is 0 Å². The van der Waals surface area contributed by atoms with Crippen LogP contribution in [0, 0.1) is 5.75 Å². The Morgan fingerprint density at radius 3 is 2.48 bits per heavy atom. The summed E-state index contributed by atoms with van der Waals surface area (Å²) in [6.45, 7) is 0.497. The van der Waals surface area contributed by atoms with Gasteiger partial charge in [0.1, 0.15) is 23.5 Å². The van der Waals surface area contributed by atoms with Crippen molar-refractivity contribution in [3.63, 3.8) is 0 Å². The van der Waals surface area contributed by atoms with Gasteiger partial charge in [-0.25, -0.2) is 0 Å². The molecule has 2 amide bonds. The third kappa shape index (κ3) is 4.27. The van der Waals surface area contributed by atoms with Crippen LogP contribution in [-0.2, 0) is 11.4 Å². The molecular weight excluding hydrogens is 384 g/mol. The number of carbonyl (C=O) groups excluding carboxylic acids is 2. The predicted octanol–water partition coefficient (Wildman–Crippen LogP) is 4.30. The fourth-order valence-corrected chi connectivity index (χ4v) is 4.15. The van der Waals surface area contributed by atoms with E-state index in [9.17, 15) is 9.59 Å². The minimum atomic E-state index is -0.522. The number of nitrogens with two attached hydrogens (primary N) is 1. The number of primary amides is 1. The van der Waals surface area contributed by atoms with E-state index in [0.29, 0.717) is 17.9 Å². The molecule has 3 aromatic rings. The quantitative estimate of drug-likeness (QED) is 0.666. The number of benzene rings is 3. The van der Waals surface area contributed by atoms with Crippen molar-refractivity contribution in [1.29, 1.82) is 0 Å². The summed E-state index contributed by atoms with van der Waals surface area (Å²) in [5.41, 5.74) is 8.46. The van der Waals surface area contributed by atoms with Gasteiger partial charge < -0.3 is 10.5 Å². The van der Waals surface area contributed by atoms with E-state index in [2.05, 4.69) is 0 Å². The zero-order valence-corrected chi connectivity index (χ0v) is 16.3. The molecule has 2 N–H and O–H groups in total. The maximum atomic E-state index is 12.5. The second-order valence-corrected chi connectivity index (χ2v) is 7.53. The Hall–Kier alpha value is -3.25. The number of amides is 2. The molecule has 1 heterocycles. The first-order valence-electron chi connectivity index (χ1n) is 9.10. The number of anilines is 1. The summed E-state index contributed by atoms with van der Waals surface area (Å²) >= 11 is 1.43. The monoisotopic (exact) mass is 403 g/mol. The first kappa shape index (κ1) is 19.1. The molecule has 1 atom stereocenters. The second kappa shape index (κ2) is 8.41. The summed E-state index contributed by atoms with van der Waals surface area (Å²) in [4.78, 5) is 25.6. The van der Waals surface area contributed by atoms with Gasteiger partial charge in [0, 0.05) is 11.3 Å². The van der Waals surface area contributed by atoms with Crippen molar-refractivity contribution in [3.8, 4) is 5.75 Å². The lowest BCUT2D eigenvalue weighted by atomic mass is 10.1. The number of rotatable bonds is 6. The molecule has 1 radical (unpaired) electrons. The average Bonchev–Trinajstić information content (AvgIpc) is 3.15. The van der Waals surface area contributed by atoms with Gasteiger partial charge in [-0.2, -0.15) is 0 Å². The minimum Gasteiger partial charge on any atom is -0.489 e. The third-order valence-corrected chi connectivity index (χ3v) is 5.67. The largest absolute Gasteiger partial charge is 0.489 e. The summed E-state index contributed by atoms with van der Waals surface area (Å²) in [5, 5.41) is -0.214. The summed E-state index contributed by atoms with van der Waals surface area (Å²) in [6, 6.07) is 24.5. The van der Waals surface area contributed by atoms with Crippen LogP contribution < -0.4 is 15.4 Å². The second-order valence-electron chi connectivity index (χ2n) is 6.57. The summed E-state index contributed by atoms with van der Waals surface area (Å²) in [7, 11) is 0. The van der Waals surface area contributed by atoms with Crippen molar-refractivity contribution in [1.82, 2.24) is 0 Å². The molecule has 145 valence electrons. The average molecular weight is 403 g/mol. The van der Waals surface area contributed by atoms with Crippen LogP contribution in [0.3, 0.4) is 0 Å². The molecule has 1 aliphatic rings. The SMILES string of the molecule is NC(=O)c1cccc(N2C(=O)[CH]SC2c2ccc(OCc3ccccc3)cc2)c1. The highest BCUT2D eigenvalue weighted by Crippen LogP contribution is 2.44. The van der Waals surface area contributed by atoms with Gasteiger partial charge in [-0.05, 0) is 41.5 Å². The molecule has 3 aromatic carbocycles. The molecule has 1 unspecified atom stereocenters. The van der Waals surface area contributed by atoms with Crippen molar-refractivity contribution < 1.29 is 14.3 Å². The number of hydrogen-bond acceptors (Lipinski definition) is 4. The lowest BCUT2D eigenvalue weighted by molar-refractivity contribution is -0.114. The first-order chi connectivity index (χ1) is 14.1. The standard InChI is InChI=1S/C23H19N2O3S/c24-22(27)18-7-4-8-19(13-18)25-21(26)15-29-23(25)17-9-11-20(12-10-17)28-14-16-5-2-1-3-6-16/h1-13,15,23H,14H2,(H2,24,27). The molecule has 0 spiro atoms. The lowest BCUT2D eigenvalue weighted by Crippen LogP contribution is -2.27. The Morgan fingerprint density at radius 1 is 1.00 bits per heavy atom. The van der Waals surface area contributed by atoms with Gasteiger partial charge in [0.25, 0.3) is 0 Å². The molecule has 6 heteroatoms. The highest BCUT2D eigenvalue weighted by atomic mass is 32.2. The van der Waals surface area contributed by atoms with Crippen LogP contribution in [0.5, 0.6) is 5.75 Å². The number of carbonyl (C=O) groups is 2. The fraction of sp³-hybridized carbons (Fsp3) is 0.0870. The topological polar surface area (TPSA) is 72.6 Å². The van der Waals surface area contributed by atoms with Crippen LogP contribution in [0.2, 0.25) is 0 Å². The van der Waals surface area contributed by atoms with E-state index in [1.54, 1.807) is 34.9 Å². The van der Waals surface area contributed by atoms with Crippen LogP contribution in [0.15, 0.2) is 78.9 Å². The smallest absolute Gasteiger partial charge is 0.248 e. The Balaban J connectivity index is 1.51. The Kier molecular flexibility index (Phi) is 5.53. The van der Waals surface area contributed by atoms with Gasteiger partial charge in [0.05, 0.1) is 0 Å². The molecule has 0 bridgehead atoms. The maximum Gasteiger partial charge on any atom is 0.248 e. The normalized spacial score (nSPS) is 16.1. The number of hydrogen-bond donors (Lipinski definition) is 1. The van der Waals surface area contributed by atoms with E-state index in [-0.39, 0.29) is 11.3 Å². The van der Waals surface area contributed by atoms with Crippen molar-refractivity contribution >= 4 is 29.3 Å². The summed E-state index contributed by atoms with van der Waals surface area (Å²) in [5.74, 6) is 1.71. The molecule has 0 aliphatic carbocycles. The fourth-order valence-electron chi connectivity index (χ4n) is 3.12. The number of nitrogens with zero attached hydrogens (tertiary/aromatic N) is 1. The molecule has 1 aliphatic heterocycles. The number of ether oxygens (including phenoxy) is 1. The summed E-state index contributed by atoms with van der Waals surface area (Å²) in [6.07, 6.45) is 0. The number of thioether (sulfide) groups is 1. The van der Waals surface area contributed by atoms with Gasteiger partial charge in [-0.1, -0.05) is 48.5 Å². The molecule has 0 aromatic heterocycles. The van der Waals surface area contributed by atoms with Crippen molar-refractivity contribution in [2.24, 2.45) is 5.73 Å². The zero-order chi connectivity index (χ0) is 20.2. The van der Waals surface area contributed by atoms with E-state index in [1.807, 2.05) is 54.6 Å². The van der Waals surface area contributed by atoms with E-state index in [4.69, 9.17) is 10.5 Å². The predicted molar refractivity (Wildman–Crippen MR) is 114 cm³/mol. The molecule has 0 saturated carbocycles. The highest BCUT2D eigenvalue weighted by Gasteiger charge is 2.34. The van der Waals surface area contributed by atoms with Crippen LogP contribution >= 0.6 is 11.8 Å². The minimum absolute atomic E-state index is 0.119. The summed E-state index contributed by atoms with van der Waals surface area (Å²) < 4.78 is 5.84. The molecule has 5 nitrogen and oxygen atoms in total. The molecular formula is C23H19N2O3S. The van der Waals surface area contributed by atoms with Crippen LogP contribution in [0.25, 0.3) is 0 Å². The molecule has 1 saturated heterocycles. The van der Waals surface area contributed by atoms with E-state index in [1.165, 1.54) is 11.8 Å². The van der Waals surface area contributed by atoms with Crippen molar-refractivity contribution in [2.45, 2.75) is 12.0 Å². The molecule has 1 fully saturated rings. The maximum absolute atomic E-state index is 12.5. The van der Waals surface area contributed by atoms with Crippen LogP contribution in [0.1, 0.15) is 26.9 Å². The van der Waals surface area contributed by atoms with Gasteiger partial charge in [0.15, 0.2) is 0 Å². The van der Waals surface area contributed by atoms with Crippen LogP contribution in [-0.4, -0.2) is 11.8 Å². The van der Waals surface area contributed by atoms with E-state index < -0.39 is 5.91 Å². The Labute approximate surface area is 173 Å². The van der Waals surface area contributed by atoms with Gasteiger partial charge in [0.2, 0.25) is 11.8 Å². The zero-order valence-electron chi connectivity index (χ0n) is 15.5. The van der Waals surface area contributed by atoms with Crippen LogP contribution in [0.4, 0.5) is 5.69 Å². The highest BCUT2D eigenvalue weighted by molar-refractivity contribution is 8.03. The van der Waals surface area contributed by atoms with Gasteiger partial charge in [-0.3, -0.25) is 14.5 Å². The molecule has 4 rings (SSSR count). The first-order valence-corrected chi connectivity index (χ1v) is 10.0. The van der Waals surface area contributed by atoms with E-state index in [0.717, 1.165) is 16.9 Å². The molecule has 29 heavy (non-hydrogen) atoms. The van der Waals surface area contributed by atoms with Crippen molar-refractivity contribution in [3.05, 3.63) is 101 Å². The Morgan fingerprint density at radius 2 is 1.76 bits per heavy atom. The third-order valence-electron chi connectivity index (χ3n) is 4.59. The van der Waals surface area contributed by atoms with E-state index >= 15 is 0 Å². The van der Waals surface area contributed by atoms with Crippen molar-refractivity contribution in [2.75, 3.05) is 4.90 Å². The lowest BCUT2D eigenvalue weighted by Gasteiger charge is -2.24. The Bertz CT molecular complexity index is 1020. The van der Waals surface area contributed by atoms with Gasteiger partial charge in [-0.15, -0.1) is 11.8 Å².